The molecule has 0 atom stereocenters. The molecule has 0 unspecified atom stereocenters. The van der Waals surface area contributed by atoms with Crippen molar-refractivity contribution in [2.45, 2.75) is 19.8 Å². The summed E-state index contributed by atoms with van der Waals surface area (Å²) in [7, 11) is 0. The predicted octanol–water partition coefficient (Wildman–Crippen LogP) is 4.06. The van der Waals surface area contributed by atoms with Crippen molar-refractivity contribution in [2.75, 3.05) is 11.9 Å². The summed E-state index contributed by atoms with van der Waals surface area (Å²) in [6.45, 7) is 2.71. The van der Waals surface area contributed by atoms with E-state index in [1.54, 1.807) is 18.2 Å². The van der Waals surface area contributed by atoms with Gasteiger partial charge in [0.15, 0.2) is 5.82 Å². The van der Waals surface area contributed by atoms with Crippen LogP contribution in [0, 0.1) is 0 Å². The van der Waals surface area contributed by atoms with Crippen LogP contribution in [0.2, 0.25) is 10.3 Å². The second kappa shape index (κ2) is 7.96. The number of halogens is 2. The standard InChI is InChI=1S/C15H16Cl2N4O/c1-2-3-8-18-14(22)10-6-4-5-7-12(10)20-13-11(16)9-19-15(17)21-13/h4-7,9H,2-3,8H2,1H3,(H,18,22)(H,19,20,21). The van der Waals surface area contributed by atoms with Gasteiger partial charge in [-0.2, -0.15) is 4.98 Å². The first-order valence-electron chi connectivity index (χ1n) is 6.94. The summed E-state index contributed by atoms with van der Waals surface area (Å²) >= 11 is 11.8. The first-order valence-corrected chi connectivity index (χ1v) is 7.69. The second-order valence-corrected chi connectivity index (χ2v) is 5.36. The van der Waals surface area contributed by atoms with Crippen LogP contribution in [-0.4, -0.2) is 22.4 Å². The number of benzene rings is 1. The number of hydrogen-bond donors (Lipinski definition) is 2. The molecule has 1 aromatic heterocycles. The summed E-state index contributed by atoms with van der Waals surface area (Å²) in [5, 5.41) is 6.31. The van der Waals surface area contributed by atoms with Gasteiger partial charge in [-0.05, 0) is 30.2 Å². The van der Waals surface area contributed by atoms with Crippen molar-refractivity contribution in [3.8, 4) is 0 Å². The van der Waals surface area contributed by atoms with E-state index in [4.69, 9.17) is 23.2 Å². The maximum Gasteiger partial charge on any atom is 0.253 e. The molecular formula is C15H16Cl2N4O. The summed E-state index contributed by atoms with van der Waals surface area (Å²) < 4.78 is 0. The Labute approximate surface area is 139 Å². The fourth-order valence-electron chi connectivity index (χ4n) is 1.82. The van der Waals surface area contributed by atoms with E-state index < -0.39 is 0 Å². The van der Waals surface area contributed by atoms with Crippen LogP contribution in [0.25, 0.3) is 0 Å². The molecule has 2 aromatic rings. The Hall–Kier alpha value is -1.85. The molecular weight excluding hydrogens is 323 g/mol. The highest BCUT2D eigenvalue weighted by Crippen LogP contribution is 2.25. The van der Waals surface area contributed by atoms with E-state index in [0.717, 1.165) is 12.8 Å². The molecule has 116 valence electrons. The van der Waals surface area contributed by atoms with Crippen LogP contribution in [0.3, 0.4) is 0 Å². The summed E-state index contributed by atoms with van der Waals surface area (Å²) in [5.41, 5.74) is 1.12. The number of nitrogens with one attached hydrogen (secondary N) is 2. The smallest absolute Gasteiger partial charge is 0.253 e. The molecule has 0 bridgehead atoms. The van der Waals surface area contributed by atoms with Crippen LogP contribution in [0.15, 0.2) is 30.5 Å². The number of aromatic nitrogens is 2. The van der Waals surface area contributed by atoms with Crippen molar-refractivity contribution >= 4 is 40.6 Å². The number of carbonyl (C=O) groups is 1. The first kappa shape index (κ1) is 16.5. The third-order valence-electron chi connectivity index (χ3n) is 2.96. The molecule has 0 saturated heterocycles. The van der Waals surface area contributed by atoms with Gasteiger partial charge in [0.05, 0.1) is 17.4 Å². The lowest BCUT2D eigenvalue weighted by molar-refractivity contribution is 0.0954. The minimum atomic E-state index is -0.146. The molecule has 1 amide bonds. The topological polar surface area (TPSA) is 66.9 Å². The van der Waals surface area contributed by atoms with Gasteiger partial charge in [0.1, 0.15) is 5.02 Å². The molecule has 0 aliphatic heterocycles. The van der Waals surface area contributed by atoms with E-state index in [1.165, 1.54) is 6.20 Å². The van der Waals surface area contributed by atoms with Crippen LogP contribution in [0.5, 0.6) is 0 Å². The molecule has 2 rings (SSSR count). The lowest BCUT2D eigenvalue weighted by Gasteiger charge is -2.12. The average molecular weight is 339 g/mol. The molecule has 5 nitrogen and oxygen atoms in total. The first-order chi connectivity index (χ1) is 10.6. The number of unbranched alkanes of at least 4 members (excludes halogenated alkanes) is 1. The lowest BCUT2D eigenvalue weighted by Crippen LogP contribution is -2.25. The van der Waals surface area contributed by atoms with Gasteiger partial charge in [-0.25, -0.2) is 4.98 Å². The maximum absolute atomic E-state index is 12.2. The third-order valence-corrected chi connectivity index (χ3v) is 3.41. The number of rotatable bonds is 6. The van der Waals surface area contributed by atoms with Crippen molar-refractivity contribution in [1.29, 1.82) is 0 Å². The SMILES string of the molecule is CCCCNC(=O)c1ccccc1Nc1nc(Cl)ncc1Cl. The number of amides is 1. The Bertz CT molecular complexity index is 664. The fourth-order valence-corrected chi connectivity index (χ4v) is 2.10. The molecule has 0 aliphatic rings. The zero-order valence-corrected chi connectivity index (χ0v) is 13.6. The second-order valence-electron chi connectivity index (χ2n) is 4.62. The predicted molar refractivity (Wildman–Crippen MR) is 89.0 cm³/mol. The molecule has 7 heteroatoms. The number of para-hydroxylation sites is 1. The van der Waals surface area contributed by atoms with Crippen LogP contribution in [-0.2, 0) is 0 Å². The van der Waals surface area contributed by atoms with Gasteiger partial charge >= 0.3 is 0 Å². The van der Waals surface area contributed by atoms with Crippen molar-refractivity contribution in [3.05, 3.63) is 46.3 Å². The zero-order chi connectivity index (χ0) is 15.9. The normalized spacial score (nSPS) is 10.3. The van der Waals surface area contributed by atoms with E-state index in [2.05, 4.69) is 27.5 Å². The molecule has 2 N–H and O–H groups in total. The molecule has 1 aromatic carbocycles. The quantitative estimate of drug-likeness (QED) is 0.615. The van der Waals surface area contributed by atoms with Crippen LogP contribution in [0.4, 0.5) is 11.5 Å². The zero-order valence-electron chi connectivity index (χ0n) is 12.1. The largest absolute Gasteiger partial charge is 0.352 e. The van der Waals surface area contributed by atoms with Gasteiger partial charge in [-0.3, -0.25) is 4.79 Å². The summed E-state index contributed by atoms with van der Waals surface area (Å²) in [6.07, 6.45) is 3.37. The number of carbonyl (C=O) groups excluding carboxylic acids is 1. The van der Waals surface area contributed by atoms with Gasteiger partial charge in [-0.1, -0.05) is 37.1 Å². The van der Waals surface area contributed by atoms with E-state index in [0.29, 0.717) is 28.6 Å². The highest BCUT2D eigenvalue weighted by Gasteiger charge is 2.12. The average Bonchev–Trinajstić information content (AvgIpc) is 2.51. The minimum absolute atomic E-state index is 0.0804. The molecule has 1 heterocycles. The van der Waals surface area contributed by atoms with Gasteiger partial charge in [0, 0.05) is 6.54 Å². The molecule has 0 aliphatic carbocycles. The minimum Gasteiger partial charge on any atom is -0.352 e. The van der Waals surface area contributed by atoms with Crippen molar-refractivity contribution in [2.24, 2.45) is 0 Å². The highest BCUT2D eigenvalue weighted by atomic mass is 35.5. The number of hydrogen-bond acceptors (Lipinski definition) is 4. The van der Waals surface area contributed by atoms with Crippen molar-refractivity contribution < 1.29 is 4.79 Å². The molecule has 0 fully saturated rings. The summed E-state index contributed by atoms with van der Waals surface area (Å²) in [5.74, 6) is 0.211. The van der Waals surface area contributed by atoms with Gasteiger partial charge < -0.3 is 10.6 Å². The molecule has 0 radical (unpaired) electrons. The Morgan fingerprint density at radius 2 is 2.05 bits per heavy atom. The molecule has 0 saturated carbocycles. The van der Waals surface area contributed by atoms with Crippen molar-refractivity contribution in [3.63, 3.8) is 0 Å². The van der Waals surface area contributed by atoms with Crippen molar-refractivity contribution in [1.82, 2.24) is 15.3 Å². The van der Waals surface area contributed by atoms with Crippen LogP contribution in [0.1, 0.15) is 30.1 Å². The summed E-state index contributed by atoms with van der Waals surface area (Å²) in [6, 6.07) is 7.14. The fraction of sp³-hybridized carbons (Fsp3) is 0.267. The Morgan fingerprint density at radius 1 is 1.27 bits per heavy atom. The van der Waals surface area contributed by atoms with Crippen LogP contribution < -0.4 is 10.6 Å². The lowest BCUT2D eigenvalue weighted by atomic mass is 10.1. The Kier molecular flexibility index (Phi) is 5.98. The number of nitrogens with zero attached hydrogens (tertiary/aromatic N) is 2. The van der Waals surface area contributed by atoms with Crippen LogP contribution >= 0.6 is 23.2 Å². The monoisotopic (exact) mass is 338 g/mol. The molecule has 22 heavy (non-hydrogen) atoms. The van der Waals surface area contributed by atoms with Gasteiger partial charge in [0.2, 0.25) is 5.28 Å². The Morgan fingerprint density at radius 3 is 2.82 bits per heavy atom. The van der Waals surface area contributed by atoms with E-state index in [-0.39, 0.29) is 11.2 Å². The maximum atomic E-state index is 12.2. The summed E-state index contributed by atoms with van der Waals surface area (Å²) in [4.78, 5) is 20.1. The highest BCUT2D eigenvalue weighted by molar-refractivity contribution is 6.33. The van der Waals surface area contributed by atoms with E-state index in [9.17, 15) is 4.79 Å². The van der Waals surface area contributed by atoms with E-state index in [1.807, 2.05) is 6.07 Å². The Balaban J connectivity index is 2.21. The number of anilines is 2. The third kappa shape index (κ3) is 4.32. The van der Waals surface area contributed by atoms with Gasteiger partial charge in [0.25, 0.3) is 5.91 Å². The van der Waals surface area contributed by atoms with Gasteiger partial charge in [-0.15, -0.1) is 0 Å². The van der Waals surface area contributed by atoms with E-state index >= 15 is 0 Å². The molecule has 0 spiro atoms.